The fraction of sp³-hybridized carbons (Fsp3) is 0.450. The molecule has 56 heavy (non-hydrogen) atoms. The van der Waals surface area contributed by atoms with E-state index in [0.717, 1.165) is 0 Å². The average molecular weight is 779 g/mol. The van der Waals surface area contributed by atoms with Crippen LogP contribution in [0.25, 0.3) is 22.6 Å². The maximum absolute atomic E-state index is 13.7. The molecule has 0 unspecified atom stereocenters. The van der Waals surface area contributed by atoms with Crippen molar-refractivity contribution in [2.24, 2.45) is 11.8 Å². The molecule has 16 nitrogen and oxygen atoms in total. The average Bonchev–Trinajstić information content (AvgIpc) is 3.14. The molecule has 0 aromatic heterocycles. The number of hydrogen-bond donors (Lipinski definition) is 4. The summed E-state index contributed by atoms with van der Waals surface area (Å²) in [6, 6.07) is 4.97. The molecule has 2 saturated carbocycles. The number of carbonyl (C=O) groups excluding carboxylic acids is 6. The largest absolute Gasteiger partial charge is 0.506 e. The van der Waals surface area contributed by atoms with E-state index in [1.807, 2.05) is 0 Å². The molecular weight excluding hydrogens is 736 g/mol. The summed E-state index contributed by atoms with van der Waals surface area (Å²) >= 11 is 0. The lowest BCUT2D eigenvalue weighted by atomic mass is 9.69. The van der Waals surface area contributed by atoms with Crippen molar-refractivity contribution >= 4 is 47.0 Å². The zero-order chi connectivity index (χ0) is 41.0. The van der Waals surface area contributed by atoms with Crippen molar-refractivity contribution in [2.45, 2.75) is 90.6 Å². The van der Waals surface area contributed by atoms with E-state index >= 15 is 0 Å². The summed E-state index contributed by atoms with van der Waals surface area (Å²) in [6.07, 6.45) is -3.54. The molecule has 6 atom stereocenters. The van der Waals surface area contributed by atoms with Crippen molar-refractivity contribution < 1.29 is 77.6 Å². The number of aromatic hydroxyl groups is 2. The van der Waals surface area contributed by atoms with Gasteiger partial charge in [0.25, 0.3) is 11.2 Å². The monoisotopic (exact) mass is 778 g/mol. The minimum absolute atomic E-state index is 0.0760. The Kier molecular flexibility index (Phi) is 10.3. The molecule has 16 heteroatoms. The summed E-state index contributed by atoms with van der Waals surface area (Å²) in [5, 5.41) is 47.1. The van der Waals surface area contributed by atoms with Gasteiger partial charge in [-0.1, -0.05) is 27.7 Å². The van der Waals surface area contributed by atoms with Crippen LogP contribution in [0.4, 0.5) is 0 Å². The number of benzene rings is 2. The fourth-order valence-corrected chi connectivity index (χ4v) is 7.99. The van der Waals surface area contributed by atoms with Crippen molar-refractivity contribution in [2.75, 3.05) is 13.2 Å². The first-order valence-electron chi connectivity index (χ1n) is 18.3. The third-order valence-corrected chi connectivity index (χ3v) is 10.5. The number of aliphatic hydroxyl groups is 2. The third kappa shape index (κ3) is 5.72. The number of ketones is 2. The van der Waals surface area contributed by atoms with Crippen molar-refractivity contribution in [1.82, 2.24) is 0 Å². The van der Waals surface area contributed by atoms with Gasteiger partial charge in [-0.15, -0.1) is 0 Å². The zero-order valence-electron chi connectivity index (χ0n) is 31.5. The Morgan fingerprint density at radius 3 is 1.32 bits per heavy atom. The lowest BCUT2D eigenvalue weighted by Gasteiger charge is -2.47. The molecular formula is C40H42O16. The predicted octanol–water partition coefficient (Wildman–Crippen LogP) is 4.55. The van der Waals surface area contributed by atoms with E-state index in [1.165, 1.54) is 52.0 Å². The minimum atomic E-state index is -2.44. The second kappa shape index (κ2) is 14.5. The Labute approximate surface area is 320 Å². The number of fused-ring (bicyclic) bond motifs is 4. The highest BCUT2D eigenvalue weighted by molar-refractivity contribution is 6.14. The third-order valence-electron chi connectivity index (χ3n) is 10.5. The van der Waals surface area contributed by atoms with E-state index in [4.69, 9.17) is 28.4 Å². The lowest BCUT2D eigenvalue weighted by Crippen LogP contribution is -2.65. The molecule has 2 fully saturated rings. The molecule has 4 aliphatic rings. The van der Waals surface area contributed by atoms with Gasteiger partial charge in [0.2, 0.25) is 0 Å². The highest BCUT2D eigenvalue weighted by atomic mass is 16.6. The van der Waals surface area contributed by atoms with Gasteiger partial charge in [-0.05, 0) is 38.1 Å². The summed E-state index contributed by atoms with van der Waals surface area (Å²) in [6.45, 7) is 8.92. The van der Waals surface area contributed by atoms with Crippen LogP contribution in [-0.2, 0) is 47.7 Å². The van der Waals surface area contributed by atoms with Crippen LogP contribution in [0.2, 0.25) is 0 Å². The van der Waals surface area contributed by atoms with E-state index in [2.05, 4.69) is 0 Å². The second-order valence-electron chi connectivity index (χ2n) is 14.0. The van der Waals surface area contributed by atoms with E-state index in [9.17, 15) is 49.2 Å². The van der Waals surface area contributed by atoms with Gasteiger partial charge in [0.15, 0.2) is 23.8 Å². The summed E-state index contributed by atoms with van der Waals surface area (Å²) in [7, 11) is 0. The Hall–Kier alpha value is -6.06. The topological polar surface area (TPSA) is 239 Å². The lowest BCUT2D eigenvalue weighted by molar-refractivity contribution is -0.188. The standard InChI is InChI=1S/C40H42O16/c1-7-25(43)53-35-17(5)15-21(41)29-33(47)27-23(55-39(29,35)37(49)51-9-3)13-11-19(31(27)45)20-12-14-24-28(32(20)46)34(48)30-22(42)16-18(6)36(54-26(44)8-2)40(30,56-24)38(50)52-10-4/h11-14,17-18,35-36,45-48H,7-10,15-16H2,1-6H3/t17-,18-,35+,36+,39+,40+/m0/s1. The van der Waals surface area contributed by atoms with Crippen molar-refractivity contribution in [3.05, 3.63) is 46.5 Å². The molecule has 0 radical (unpaired) electrons. The molecule has 2 aliphatic heterocycles. The van der Waals surface area contributed by atoms with Gasteiger partial charge in [-0.3, -0.25) is 19.2 Å². The summed E-state index contributed by atoms with van der Waals surface area (Å²) in [4.78, 5) is 79.9. The summed E-state index contributed by atoms with van der Waals surface area (Å²) < 4.78 is 34.3. The molecule has 2 heterocycles. The van der Waals surface area contributed by atoms with Crippen LogP contribution in [-0.4, -0.2) is 92.5 Å². The molecule has 6 rings (SSSR count). The van der Waals surface area contributed by atoms with Gasteiger partial charge in [-0.2, -0.15) is 0 Å². The number of carbonyl (C=O) groups is 6. The second-order valence-corrected chi connectivity index (χ2v) is 14.0. The van der Waals surface area contributed by atoms with Crippen LogP contribution in [0.15, 0.2) is 35.4 Å². The number of phenols is 2. The van der Waals surface area contributed by atoms with Crippen LogP contribution < -0.4 is 9.47 Å². The number of rotatable bonds is 9. The first kappa shape index (κ1) is 39.6. The van der Waals surface area contributed by atoms with E-state index in [0.29, 0.717) is 0 Å². The van der Waals surface area contributed by atoms with Gasteiger partial charge >= 0.3 is 23.9 Å². The first-order valence-corrected chi connectivity index (χ1v) is 18.3. The fourth-order valence-electron chi connectivity index (χ4n) is 7.99. The maximum atomic E-state index is 13.7. The summed E-state index contributed by atoms with van der Waals surface area (Å²) in [5.74, 6) is -10.5. The van der Waals surface area contributed by atoms with Crippen LogP contribution in [0, 0.1) is 11.8 Å². The van der Waals surface area contributed by atoms with Gasteiger partial charge in [0.05, 0.1) is 24.4 Å². The number of aliphatic hydroxyl groups excluding tert-OH is 2. The summed E-state index contributed by atoms with van der Waals surface area (Å²) in [5.41, 5.74) is -7.37. The molecule has 4 N–H and O–H groups in total. The van der Waals surface area contributed by atoms with E-state index in [-0.39, 0.29) is 61.5 Å². The quantitative estimate of drug-likeness (QED) is 0.202. The number of phenolic OH excluding ortho intramolecular Hbond substituents is 2. The molecule has 0 amide bonds. The van der Waals surface area contributed by atoms with Crippen LogP contribution in [0.5, 0.6) is 23.0 Å². The van der Waals surface area contributed by atoms with Crippen molar-refractivity contribution in [3.8, 4) is 34.1 Å². The molecule has 2 aromatic rings. The van der Waals surface area contributed by atoms with Gasteiger partial charge in [0, 0.05) is 48.6 Å². The number of ether oxygens (including phenoxy) is 6. The highest BCUT2D eigenvalue weighted by Gasteiger charge is 2.66. The minimum Gasteiger partial charge on any atom is -0.506 e. The molecule has 0 bridgehead atoms. The number of esters is 4. The zero-order valence-corrected chi connectivity index (χ0v) is 31.5. The van der Waals surface area contributed by atoms with Crippen LogP contribution in [0.3, 0.4) is 0 Å². The SMILES string of the molecule is CCOC(=O)[C@@]12Oc3ccc(-c4ccc5c(c4O)C(O)=C4C(=O)C[C@H](C)[C@@H](OC(=O)CC)[C@]4(C(=O)OCC)O5)c(O)c3C(O)=C1C(=O)C[C@H](C)[C@H]2OC(=O)CC. The van der Waals surface area contributed by atoms with Crippen molar-refractivity contribution in [1.29, 1.82) is 0 Å². The predicted molar refractivity (Wildman–Crippen MR) is 192 cm³/mol. The van der Waals surface area contributed by atoms with Gasteiger partial charge < -0.3 is 48.8 Å². The van der Waals surface area contributed by atoms with E-state index in [1.54, 1.807) is 13.8 Å². The molecule has 298 valence electrons. The molecule has 0 spiro atoms. The highest BCUT2D eigenvalue weighted by Crippen LogP contribution is 2.56. The Bertz CT molecular complexity index is 1980. The maximum Gasteiger partial charge on any atom is 0.359 e. The van der Waals surface area contributed by atoms with Crippen LogP contribution >= 0.6 is 0 Å². The molecule has 2 aliphatic carbocycles. The van der Waals surface area contributed by atoms with E-state index < -0.39 is 116 Å². The molecule has 0 saturated heterocycles. The van der Waals surface area contributed by atoms with Crippen LogP contribution in [0.1, 0.15) is 78.4 Å². The molecule has 2 aromatic carbocycles. The normalized spacial score (nSPS) is 26.4. The first-order chi connectivity index (χ1) is 26.5. The number of hydrogen-bond acceptors (Lipinski definition) is 16. The Morgan fingerprint density at radius 2 is 1.00 bits per heavy atom. The van der Waals surface area contributed by atoms with Gasteiger partial charge in [0.1, 0.15) is 45.6 Å². The van der Waals surface area contributed by atoms with Crippen molar-refractivity contribution in [3.63, 3.8) is 0 Å². The number of Topliss-reactive ketones (excluding diaryl/α,β-unsaturated/α-hetero) is 2. The Morgan fingerprint density at radius 1 is 0.643 bits per heavy atom. The smallest absolute Gasteiger partial charge is 0.359 e. The van der Waals surface area contributed by atoms with Gasteiger partial charge in [-0.25, -0.2) is 9.59 Å². The Balaban J connectivity index is 1.53.